The lowest BCUT2D eigenvalue weighted by Crippen LogP contribution is -2.23. The van der Waals surface area contributed by atoms with E-state index in [-0.39, 0.29) is 0 Å². The second-order valence-corrected chi connectivity index (χ2v) is 4.14. The molecule has 6 heteroatoms. The second kappa shape index (κ2) is 4.18. The van der Waals surface area contributed by atoms with Gasteiger partial charge < -0.3 is 9.47 Å². The predicted molar refractivity (Wildman–Crippen MR) is 40.9 cm³/mol. The van der Waals surface area contributed by atoms with Gasteiger partial charge in [-0.2, -0.15) is 8.42 Å². The van der Waals surface area contributed by atoms with Gasteiger partial charge in [0.15, 0.2) is 0 Å². The molecule has 0 saturated carbocycles. The SMILES string of the molecule is CS(=O)(=O)OC1OCCCCO1. The molecule has 1 rings (SSSR count). The largest absolute Gasteiger partial charge is 0.329 e. The van der Waals surface area contributed by atoms with E-state index in [1.807, 2.05) is 0 Å². The van der Waals surface area contributed by atoms with Crippen molar-refractivity contribution >= 4 is 10.1 Å². The van der Waals surface area contributed by atoms with E-state index in [1.54, 1.807) is 0 Å². The zero-order valence-corrected chi connectivity index (χ0v) is 7.67. The van der Waals surface area contributed by atoms with Crippen LogP contribution in [0, 0.1) is 0 Å². The van der Waals surface area contributed by atoms with Crippen molar-refractivity contribution in [3.8, 4) is 0 Å². The molecule has 1 aliphatic heterocycles. The van der Waals surface area contributed by atoms with Crippen molar-refractivity contribution in [2.24, 2.45) is 0 Å². The molecular formula is C6H12O5S. The van der Waals surface area contributed by atoms with E-state index in [0.717, 1.165) is 19.1 Å². The molecule has 1 fully saturated rings. The molecule has 1 saturated heterocycles. The minimum absolute atomic E-state index is 0.472. The van der Waals surface area contributed by atoms with Crippen LogP contribution in [-0.4, -0.2) is 34.4 Å². The minimum atomic E-state index is -3.49. The Kier molecular flexibility index (Phi) is 3.45. The van der Waals surface area contributed by atoms with Crippen molar-refractivity contribution in [1.29, 1.82) is 0 Å². The summed E-state index contributed by atoms with van der Waals surface area (Å²) in [5.74, 6) is 0. The Morgan fingerprint density at radius 2 is 1.75 bits per heavy atom. The normalized spacial score (nSPS) is 22.1. The third-order valence-corrected chi connectivity index (χ3v) is 1.81. The molecule has 5 nitrogen and oxygen atoms in total. The lowest BCUT2D eigenvalue weighted by Gasteiger charge is -2.13. The Labute approximate surface area is 71.7 Å². The third-order valence-electron chi connectivity index (χ3n) is 1.30. The van der Waals surface area contributed by atoms with Crippen LogP contribution in [0.4, 0.5) is 0 Å². The van der Waals surface area contributed by atoms with Gasteiger partial charge in [0.2, 0.25) is 0 Å². The lowest BCUT2D eigenvalue weighted by atomic mass is 10.3. The summed E-state index contributed by atoms with van der Waals surface area (Å²) in [6, 6.07) is 0. The first-order chi connectivity index (χ1) is 5.58. The van der Waals surface area contributed by atoms with Crippen molar-refractivity contribution in [1.82, 2.24) is 0 Å². The van der Waals surface area contributed by atoms with Gasteiger partial charge in [-0.1, -0.05) is 0 Å². The van der Waals surface area contributed by atoms with Crippen LogP contribution in [0.1, 0.15) is 12.8 Å². The maximum Gasteiger partial charge on any atom is 0.287 e. The van der Waals surface area contributed by atoms with Crippen molar-refractivity contribution < 1.29 is 22.1 Å². The fraction of sp³-hybridized carbons (Fsp3) is 1.00. The van der Waals surface area contributed by atoms with Gasteiger partial charge in [0.25, 0.3) is 16.6 Å². The maximum atomic E-state index is 10.6. The molecule has 0 amide bonds. The highest BCUT2D eigenvalue weighted by Gasteiger charge is 2.18. The zero-order valence-electron chi connectivity index (χ0n) is 6.86. The number of rotatable bonds is 2. The average molecular weight is 196 g/mol. The quantitative estimate of drug-likeness (QED) is 0.585. The van der Waals surface area contributed by atoms with Gasteiger partial charge in [-0.05, 0) is 12.8 Å². The molecule has 0 aromatic carbocycles. The van der Waals surface area contributed by atoms with Gasteiger partial charge in [-0.3, -0.25) is 0 Å². The lowest BCUT2D eigenvalue weighted by molar-refractivity contribution is -0.233. The molecule has 0 aromatic rings. The van der Waals surface area contributed by atoms with Crippen LogP contribution in [0.2, 0.25) is 0 Å². The Balaban J connectivity index is 2.40. The number of ether oxygens (including phenoxy) is 2. The van der Waals surface area contributed by atoms with Crippen molar-refractivity contribution in [3.63, 3.8) is 0 Å². The highest BCUT2D eigenvalue weighted by atomic mass is 32.2. The van der Waals surface area contributed by atoms with Crippen LogP contribution in [0.3, 0.4) is 0 Å². The summed E-state index contributed by atoms with van der Waals surface area (Å²) in [6.45, 7) is -0.108. The van der Waals surface area contributed by atoms with Crippen LogP contribution in [0.25, 0.3) is 0 Å². The first-order valence-electron chi connectivity index (χ1n) is 3.69. The third kappa shape index (κ3) is 4.01. The van der Waals surface area contributed by atoms with Crippen molar-refractivity contribution in [2.45, 2.75) is 19.3 Å². The predicted octanol–water partition coefficient (Wildman–Crippen LogP) is 0.0732. The van der Waals surface area contributed by atoms with Gasteiger partial charge >= 0.3 is 0 Å². The Bertz CT molecular complexity index is 214. The highest BCUT2D eigenvalue weighted by Crippen LogP contribution is 2.08. The summed E-state index contributed by atoms with van der Waals surface area (Å²) in [5, 5.41) is 0. The molecule has 1 heterocycles. The highest BCUT2D eigenvalue weighted by molar-refractivity contribution is 7.86. The van der Waals surface area contributed by atoms with E-state index >= 15 is 0 Å². The maximum absolute atomic E-state index is 10.6. The molecule has 0 radical (unpaired) electrons. The molecule has 0 unspecified atom stereocenters. The molecular weight excluding hydrogens is 184 g/mol. The van der Waals surface area contributed by atoms with Gasteiger partial charge in [0, 0.05) is 0 Å². The summed E-state index contributed by atoms with van der Waals surface area (Å²) in [6.07, 6.45) is 2.69. The average Bonchev–Trinajstić information content (AvgIpc) is 2.12. The van der Waals surface area contributed by atoms with Crippen LogP contribution in [0.5, 0.6) is 0 Å². The molecule has 0 N–H and O–H groups in total. The Morgan fingerprint density at radius 3 is 2.17 bits per heavy atom. The van der Waals surface area contributed by atoms with E-state index < -0.39 is 16.6 Å². The van der Waals surface area contributed by atoms with E-state index in [1.165, 1.54) is 0 Å². The smallest absolute Gasteiger partial charge is 0.287 e. The zero-order chi connectivity index (χ0) is 9.03. The molecule has 12 heavy (non-hydrogen) atoms. The summed E-state index contributed by atoms with van der Waals surface area (Å²) in [4.78, 5) is 0. The fourth-order valence-corrected chi connectivity index (χ4v) is 1.21. The first kappa shape index (κ1) is 9.91. The summed E-state index contributed by atoms with van der Waals surface area (Å²) in [7, 11) is -3.49. The molecule has 0 bridgehead atoms. The van der Waals surface area contributed by atoms with Crippen LogP contribution in [-0.2, 0) is 23.8 Å². The van der Waals surface area contributed by atoms with Crippen LogP contribution in [0.15, 0.2) is 0 Å². The monoisotopic (exact) mass is 196 g/mol. The summed E-state index contributed by atoms with van der Waals surface area (Å²) >= 11 is 0. The van der Waals surface area contributed by atoms with Crippen LogP contribution >= 0.6 is 0 Å². The second-order valence-electron chi connectivity index (χ2n) is 2.54. The summed E-state index contributed by atoms with van der Waals surface area (Å²) < 4.78 is 35.7. The molecule has 0 aliphatic carbocycles. The van der Waals surface area contributed by atoms with Gasteiger partial charge in [0.1, 0.15) is 0 Å². The Morgan fingerprint density at radius 1 is 1.25 bits per heavy atom. The number of hydrogen-bond acceptors (Lipinski definition) is 5. The van der Waals surface area contributed by atoms with Crippen molar-refractivity contribution in [2.75, 3.05) is 19.5 Å². The molecule has 0 atom stereocenters. The molecule has 72 valence electrons. The standard InChI is InChI=1S/C6H12O5S/c1-12(7,8)11-6-9-4-2-3-5-10-6/h6H,2-5H2,1H3. The van der Waals surface area contributed by atoms with E-state index in [4.69, 9.17) is 9.47 Å². The van der Waals surface area contributed by atoms with Gasteiger partial charge in [0.05, 0.1) is 19.5 Å². The molecule has 0 aromatic heterocycles. The van der Waals surface area contributed by atoms with Gasteiger partial charge in [-0.15, -0.1) is 0 Å². The van der Waals surface area contributed by atoms with E-state index in [2.05, 4.69) is 4.18 Å². The fourth-order valence-electron chi connectivity index (χ4n) is 0.810. The van der Waals surface area contributed by atoms with Crippen LogP contribution < -0.4 is 0 Å². The van der Waals surface area contributed by atoms with Crippen molar-refractivity contribution in [3.05, 3.63) is 0 Å². The Hall–Kier alpha value is -0.170. The first-order valence-corrected chi connectivity index (χ1v) is 5.51. The van der Waals surface area contributed by atoms with E-state index in [0.29, 0.717) is 13.2 Å². The molecule has 1 aliphatic rings. The van der Waals surface area contributed by atoms with Gasteiger partial charge in [-0.25, -0.2) is 4.18 Å². The number of hydrogen-bond donors (Lipinski definition) is 0. The summed E-state index contributed by atoms with van der Waals surface area (Å²) in [5.41, 5.74) is 0. The minimum Gasteiger partial charge on any atom is -0.329 e. The molecule has 0 spiro atoms. The topological polar surface area (TPSA) is 61.8 Å². The van der Waals surface area contributed by atoms with E-state index in [9.17, 15) is 8.42 Å².